The van der Waals surface area contributed by atoms with Crippen LogP contribution in [0.3, 0.4) is 0 Å². The van der Waals surface area contributed by atoms with Gasteiger partial charge in [-0.1, -0.05) is 0 Å². The molecule has 1 aliphatic heterocycles. The summed E-state index contributed by atoms with van der Waals surface area (Å²) in [4.78, 5) is 0. The van der Waals surface area contributed by atoms with Crippen LogP contribution in [0.2, 0.25) is 0 Å². The molecule has 1 aliphatic rings. The Labute approximate surface area is 61.7 Å². The average molecular weight is 145 g/mol. The molecule has 0 spiro atoms. The molecule has 0 aromatic heterocycles. The number of hydrogen-bond donors (Lipinski definition) is 1. The van der Waals surface area contributed by atoms with Crippen molar-refractivity contribution in [2.45, 2.75) is 25.6 Å². The second-order valence-corrected chi connectivity index (χ2v) is 2.62. The van der Waals surface area contributed by atoms with Crippen molar-refractivity contribution in [3.05, 3.63) is 0 Å². The molecule has 0 radical (unpaired) electrons. The molecule has 1 N–H and O–H groups in total. The lowest BCUT2D eigenvalue weighted by Crippen LogP contribution is -2.46. The minimum absolute atomic E-state index is 0.189. The lowest BCUT2D eigenvalue weighted by atomic mass is 10.2. The van der Waals surface area contributed by atoms with Crippen LogP contribution in [0.25, 0.3) is 0 Å². The molecule has 0 aromatic carbocycles. The summed E-state index contributed by atoms with van der Waals surface area (Å²) < 4.78 is 10.3. The Kier molecular flexibility index (Phi) is 3.12. The molecule has 3 nitrogen and oxygen atoms in total. The highest BCUT2D eigenvalue weighted by Crippen LogP contribution is 2.03. The molecule has 1 heterocycles. The molecule has 0 saturated carbocycles. The van der Waals surface area contributed by atoms with E-state index in [1.807, 2.05) is 6.92 Å². The van der Waals surface area contributed by atoms with Crippen LogP contribution in [0, 0.1) is 0 Å². The summed E-state index contributed by atoms with van der Waals surface area (Å²) in [7, 11) is 1.72. The Morgan fingerprint density at radius 3 is 3.10 bits per heavy atom. The fourth-order valence-corrected chi connectivity index (χ4v) is 1.18. The fourth-order valence-electron chi connectivity index (χ4n) is 1.18. The van der Waals surface area contributed by atoms with Gasteiger partial charge in [0.05, 0.1) is 13.2 Å². The highest BCUT2D eigenvalue weighted by atomic mass is 16.5. The van der Waals surface area contributed by atoms with Crippen LogP contribution in [0.4, 0.5) is 0 Å². The van der Waals surface area contributed by atoms with Gasteiger partial charge in [-0.25, -0.2) is 0 Å². The van der Waals surface area contributed by atoms with Crippen LogP contribution < -0.4 is 5.32 Å². The van der Waals surface area contributed by atoms with E-state index in [-0.39, 0.29) is 6.23 Å². The lowest BCUT2D eigenvalue weighted by molar-refractivity contribution is -0.0207. The number of methoxy groups -OCH3 is 1. The van der Waals surface area contributed by atoms with Crippen LogP contribution in [-0.2, 0) is 9.47 Å². The number of hydrogen-bond acceptors (Lipinski definition) is 3. The van der Waals surface area contributed by atoms with Crippen molar-refractivity contribution in [3.63, 3.8) is 0 Å². The first kappa shape index (κ1) is 7.98. The van der Waals surface area contributed by atoms with E-state index in [2.05, 4.69) is 5.32 Å². The van der Waals surface area contributed by atoms with E-state index >= 15 is 0 Å². The SMILES string of the molecule is COCC1CCOC(C)N1. The molecule has 3 heteroatoms. The number of ether oxygens (including phenoxy) is 2. The summed E-state index contributed by atoms with van der Waals surface area (Å²) in [6.45, 7) is 3.65. The second-order valence-electron chi connectivity index (χ2n) is 2.62. The van der Waals surface area contributed by atoms with Crippen LogP contribution in [-0.4, -0.2) is 32.6 Å². The zero-order valence-corrected chi connectivity index (χ0v) is 6.59. The molecule has 0 amide bonds. The molecule has 2 unspecified atom stereocenters. The smallest absolute Gasteiger partial charge is 0.105 e. The van der Waals surface area contributed by atoms with Crippen LogP contribution >= 0.6 is 0 Å². The van der Waals surface area contributed by atoms with Crippen molar-refractivity contribution in [2.75, 3.05) is 20.3 Å². The van der Waals surface area contributed by atoms with E-state index in [0.29, 0.717) is 6.04 Å². The van der Waals surface area contributed by atoms with Gasteiger partial charge in [-0.2, -0.15) is 0 Å². The Balaban J connectivity index is 2.18. The van der Waals surface area contributed by atoms with E-state index in [1.54, 1.807) is 7.11 Å². The van der Waals surface area contributed by atoms with Crippen molar-refractivity contribution in [1.82, 2.24) is 5.32 Å². The van der Waals surface area contributed by atoms with Gasteiger partial charge in [0.15, 0.2) is 0 Å². The Bertz CT molecular complexity index is 95.6. The van der Waals surface area contributed by atoms with E-state index in [9.17, 15) is 0 Å². The number of nitrogens with one attached hydrogen (secondary N) is 1. The molecule has 2 atom stereocenters. The van der Waals surface area contributed by atoms with Crippen molar-refractivity contribution < 1.29 is 9.47 Å². The standard InChI is InChI=1S/C7H15NO2/c1-6-8-7(5-9-2)3-4-10-6/h6-8H,3-5H2,1-2H3. The lowest BCUT2D eigenvalue weighted by Gasteiger charge is -2.28. The first-order valence-electron chi connectivity index (χ1n) is 3.69. The van der Waals surface area contributed by atoms with Crippen LogP contribution in [0.1, 0.15) is 13.3 Å². The maximum Gasteiger partial charge on any atom is 0.105 e. The highest BCUT2D eigenvalue weighted by Gasteiger charge is 2.16. The summed E-state index contributed by atoms with van der Waals surface area (Å²) in [5.74, 6) is 0. The van der Waals surface area contributed by atoms with Crippen LogP contribution in [0.15, 0.2) is 0 Å². The van der Waals surface area contributed by atoms with Gasteiger partial charge in [-0.3, -0.25) is 5.32 Å². The van der Waals surface area contributed by atoms with E-state index in [4.69, 9.17) is 9.47 Å². The summed E-state index contributed by atoms with van der Waals surface area (Å²) in [6, 6.07) is 0.480. The van der Waals surface area contributed by atoms with Gasteiger partial charge in [0.25, 0.3) is 0 Å². The molecule has 0 bridgehead atoms. The summed E-state index contributed by atoms with van der Waals surface area (Å²) in [5.41, 5.74) is 0. The minimum Gasteiger partial charge on any atom is -0.383 e. The predicted octanol–water partition coefficient (Wildman–Crippen LogP) is 0.357. The predicted molar refractivity (Wildman–Crippen MR) is 38.8 cm³/mol. The van der Waals surface area contributed by atoms with E-state index < -0.39 is 0 Å². The third-order valence-corrected chi connectivity index (χ3v) is 1.67. The molecule has 10 heavy (non-hydrogen) atoms. The van der Waals surface area contributed by atoms with Crippen molar-refractivity contribution in [2.24, 2.45) is 0 Å². The van der Waals surface area contributed by atoms with Gasteiger partial charge in [-0.05, 0) is 13.3 Å². The minimum atomic E-state index is 0.189. The molecule has 1 fully saturated rings. The zero-order chi connectivity index (χ0) is 7.40. The van der Waals surface area contributed by atoms with E-state index in [0.717, 1.165) is 19.6 Å². The van der Waals surface area contributed by atoms with Gasteiger partial charge >= 0.3 is 0 Å². The quantitative estimate of drug-likeness (QED) is 0.608. The normalized spacial score (nSPS) is 34.2. The first-order chi connectivity index (χ1) is 4.83. The molecular weight excluding hydrogens is 130 g/mol. The monoisotopic (exact) mass is 145 g/mol. The van der Waals surface area contributed by atoms with Gasteiger partial charge in [0, 0.05) is 13.2 Å². The van der Waals surface area contributed by atoms with Gasteiger partial charge in [0.1, 0.15) is 6.23 Å². The molecule has 0 aromatic rings. The third kappa shape index (κ3) is 2.25. The van der Waals surface area contributed by atoms with Gasteiger partial charge in [0.2, 0.25) is 0 Å². The van der Waals surface area contributed by atoms with Gasteiger partial charge in [-0.15, -0.1) is 0 Å². The van der Waals surface area contributed by atoms with Gasteiger partial charge < -0.3 is 9.47 Å². The summed E-state index contributed by atoms with van der Waals surface area (Å²) in [6.07, 6.45) is 1.24. The second kappa shape index (κ2) is 3.91. The molecule has 60 valence electrons. The fraction of sp³-hybridized carbons (Fsp3) is 1.00. The highest BCUT2D eigenvalue weighted by molar-refractivity contribution is 4.70. The topological polar surface area (TPSA) is 30.5 Å². The molecule has 0 aliphatic carbocycles. The summed E-state index contributed by atoms with van der Waals surface area (Å²) in [5, 5.41) is 3.27. The van der Waals surface area contributed by atoms with Crippen molar-refractivity contribution >= 4 is 0 Å². The average Bonchev–Trinajstić information content (AvgIpc) is 1.88. The molecular formula is C7H15NO2. The Morgan fingerprint density at radius 1 is 1.70 bits per heavy atom. The Hall–Kier alpha value is -0.120. The van der Waals surface area contributed by atoms with Crippen molar-refractivity contribution in [1.29, 1.82) is 0 Å². The first-order valence-corrected chi connectivity index (χ1v) is 3.69. The zero-order valence-electron chi connectivity index (χ0n) is 6.59. The summed E-state index contributed by atoms with van der Waals surface area (Å²) >= 11 is 0. The van der Waals surface area contributed by atoms with E-state index in [1.165, 1.54) is 0 Å². The molecule has 1 saturated heterocycles. The molecule has 1 rings (SSSR count). The largest absolute Gasteiger partial charge is 0.383 e. The van der Waals surface area contributed by atoms with Crippen LogP contribution in [0.5, 0.6) is 0 Å². The number of rotatable bonds is 2. The Morgan fingerprint density at radius 2 is 2.50 bits per heavy atom. The van der Waals surface area contributed by atoms with Crippen molar-refractivity contribution in [3.8, 4) is 0 Å². The maximum absolute atomic E-state index is 5.29. The third-order valence-electron chi connectivity index (χ3n) is 1.67. The maximum atomic E-state index is 5.29.